The van der Waals surface area contributed by atoms with E-state index in [0.29, 0.717) is 24.2 Å². The van der Waals surface area contributed by atoms with Crippen molar-refractivity contribution in [2.24, 2.45) is 0 Å². The van der Waals surface area contributed by atoms with Gasteiger partial charge in [-0.25, -0.2) is 0 Å². The van der Waals surface area contributed by atoms with Crippen LogP contribution in [0.25, 0.3) is 0 Å². The lowest BCUT2D eigenvalue weighted by atomic mass is 10.1. The zero-order valence-corrected chi connectivity index (χ0v) is 12.3. The molecule has 1 aliphatic heterocycles. The van der Waals surface area contributed by atoms with Crippen molar-refractivity contribution in [2.75, 3.05) is 0 Å². The van der Waals surface area contributed by atoms with Gasteiger partial charge in [-0.05, 0) is 53.6 Å². The molecule has 16 heavy (non-hydrogen) atoms. The molecule has 2 unspecified atom stereocenters. The van der Waals surface area contributed by atoms with Gasteiger partial charge < -0.3 is 0 Å². The van der Waals surface area contributed by atoms with Crippen molar-refractivity contribution < 1.29 is 0 Å². The summed E-state index contributed by atoms with van der Waals surface area (Å²) in [5.41, 5.74) is 3.04. The standard InChI is InChI=1S/C13H25N2P/c1-8-16-14(10(2)3)12(6)9-13(7)15(16)11(4)5/h1,10-13H,9H2,2-7H3. The lowest BCUT2D eigenvalue weighted by Crippen LogP contribution is -2.50. The molecule has 1 rings (SSSR count). The molecule has 3 heteroatoms. The normalized spacial score (nSPS) is 33.3. The summed E-state index contributed by atoms with van der Waals surface area (Å²) < 4.78 is 5.05. The predicted octanol–water partition coefficient (Wildman–Crippen LogP) is 3.49. The summed E-state index contributed by atoms with van der Waals surface area (Å²) in [6.45, 7) is 13.6. The largest absolute Gasteiger partial charge is 0.254 e. The van der Waals surface area contributed by atoms with Crippen molar-refractivity contribution in [3.05, 3.63) is 0 Å². The molecular weight excluding hydrogens is 215 g/mol. The first-order chi connectivity index (χ1) is 7.40. The number of hydrogen-bond acceptors (Lipinski definition) is 2. The van der Waals surface area contributed by atoms with Gasteiger partial charge in [0.2, 0.25) is 0 Å². The van der Waals surface area contributed by atoms with Gasteiger partial charge in [-0.1, -0.05) is 0 Å². The maximum atomic E-state index is 5.78. The van der Waals surface area contributed by atoms with E-state index in [1.54, 1.807) is 0 Å². The number of terminal acetylenes is 1. The van der Waals surface area contributed by atoms with Crippen LogP contribution < -0.4 is 0 Å². The van der Waals surface area contributed by atoms with Crippen LogP contribution in [0.4, 0.5) is 0 Å². The quantitative estimate of drug-likeness (QED) is 0.538. The van der Waals surface area contributed by atoms with Crippen molar-refractivity contribution in [3.63, 3.8) is 0 Å². The maximum Gasteiger partial charge on any atom is 0.122 e. The van der Waals surface area contributed by atoms with Crippen LogP contribution in [-0.2, 0) is 0 Å². The van der Waals surface area contributed by atoms with E-state index in [2.05, 4.69) is 56.5 Å². The Morgan fingerprint density at radius 1 is 1.06 bits per heavy atom. The van der Waals surface area contributed by atoms with Crippen LogP contribution >= 0.6 is 8.22 Å². The molecule has 2 nitrogen and oxygen atoms in total. The summed E-state index contributed by atoms with van der Waals surface area (Å²) in [7, 11) is -0.560. The SMILES string of the molecule is C#CP1N(C(C)C)C(C)CC(C)N1C(C)C. The van der Waals surface area contributed by atoms with E-state index in [1.165, 1.54) is 6.42 Å². The third-order valence-corrected chi connectivity index (χ3v) is 6.01. The monoisotopic (exact) mass is 240 g/mol. The Morgan fingerprint density at radius 2 is 1.44 bits per heavy atom. The van der Waals surface area contributed by atoms with E-state index < -0.39 is 8.22 Å². The minimum atomic E-state index is -0.560. The summed E-state index contributed by atoms with van der Waals surface area (Å²) in [5, 5.41) is 0. The smallest absolute Gasteiger partial charge is 0.122 e. The van der Waals surface area contributed by atoms with E-state index in [0.717, 1.165) is 0 Å². The molecule has 92 valence electrons. The Hall–Kier alpha value is -0.0900. The fourth-order valence-corrected chi connectivity index (χ4v) is 5.11. The molecule has 1 heterocycles. The molecule has 0 aromatic rings. The van der Waals surface area contributed by atoms with Crippen molar-refractivity contribution in [1.29, 1.82) is 0 Å². The van der Waals surface area contributed by atoms with Crippen molar-refractivity contribution >= 4 is 8.22 Å². The van der Waals surface area contributed by atoms with Crippen molar-refractivity contribution in [2.45, 2.75) is 72.1 Å². The fraction of sp³-hybridized carbons (Fsp3) is 0.846. The molecule has 0 amide bonds. The number of rotatable bonds is 2. The minimum absolute atomic E-state index is 0.533. The summed E-state index contributed by atoms with van der Waals surface area (Å²) in [6, 6.07) is 2.27. The second-order valence-electron chi connectivity index (χ2n) is 5.30. The Morgan fingerprint density at radius 3 is 1.69 bits per heavy atom. The van der Waals surface area contributed by atoms with E-state index in [1.807, 2.05) is 0 Å². The Kier molecular flexibility index (Phi) is 4.80. The van der Waals surface area contributed by atoms with Gasteiger partial charge in [0, 0.05) is 24.2 Å². The molecule has 0 radical (unpaired) electrons. The Bertz CT molecular complexity index is 250. The highest BCUT2D eigenvalue weighted by Crippen LogP contribution is 2.52. The molecule has 1 saturated heterocycles. The summed E-state index contributed by atoms with van der Waals surface area (Å²) in [6.07, 6.45) is 7.00. The lowest BCUT2D eigenvalue weighted by Gasteiger charge is -2.51. The summed E-state index contributed by atoms with van der Waals surface area (Å²) >= 11 is 0. The third kappa shape index (κ3) is 2.59. The van der Waals surface area contributed by atoms with Gasteiger partial charge in [0.05, 0.1) is 0 Å². The first-order valence-electron chi connectivity index (χ1n) is 6.23. The Labute approximate surface area is 102 Å². The molecular formula is C13H25N2P. The summed E-state index contributed by atoms with van der Waals surface area (Å²) in [4.78, 5) is 0. The summed E-state index contributed by atoms with van der Waals surface area (Å²) in [5.74, 6) is 0. The molecule has 0 N–H and O–H groups in total. The molecule has 0 aromatic heterocycles. The van der Waals surface area contributed by atoms with Gasteiger partial charge in [-0.15, -0.1) is 6.42 Å². The molecule has 0 saturated carbocycles. The highest BCUT2D eigenvalue weighted by atomic mass is 31.1. The van der Waals surface area contributed by atoms with Crippen LogP contribution in [-0.4, -0.2) is 33.5 Å². The van der Waals surface area contributed by atoms with Gasteiger partial charge in [0.15, 0.2) is 0 Å². The van der Waals surface area contributed by atoms with Crippen LogP contribution in [0, 0.1) is 12.1 Å². The molecule has 1 fully saturated rings. The highest BCUT2D eigenvalue weighted by molar-refractivity contribution is 7.58. The van der Waals surface area contributed by atoms with Gasteiger partial charge >= 0.3 is 0 Å². The van der Waals surface area contributed by atoms with Crippen LogP contribution in [0.2, 0.25) is 0 Å². The van der Waals surface area contributed by atoms with Gasteiger partial charge in [0.1, 0.15) is 8.22 Å². The van der Waals surface area contributed by atoms with Gasteiger partial charge in [-0.3, -0.25) is 9.34 Å². The Balaban J connectivity index is 2.99. The van der Waals surface area contributed by atoms with Crippen LogP contribution in [0.5, 0.6) is 0 Å². The van der Waals surface area contributed by atoms with Gasteiger partial charge in [-0.2, -0.15) is 0 Å². The van der Waals surface area contributed by atoms with E-state index in [-0.39, 0.29) is 0 Å². The third-order valence-electron chi connectivity index (χ3n) is 3.20. The average Bonchev–Trinajstić information content (AvgIpc) is 2.14. The second-order valence-corrected chi connectivity index (χ2v) is 7.06. The molecule has 0 aromatic carbocycles. The second kappa shape index (κ2) is 5.50. The van der Waals surface area contributed by atoms with Crippen LogP contribution in [0.15, 0.2) is 0 Å². The zero-order chi connectivity index (χ0) is 12.5. The molecule has 1 aliphatic rings. The fourth-order valence-electron chi connectivity index (χ4n) is 2.79. The van der Waals surface area contributed by atoms with Gasteiger partial charge in [0.25, 0.3) is 0 Å². The first-order valence-corrected chi connectivity index (χ1v) is 7.47. The average molecular weight is 240 g/mol. The van der Waals surface area contributed by atoms with E-state index in [4.69, 9.17) is 6.42 Å². The predicted molar refractivity (Wildman–Crippen MR) is 73.2 cm³/mol. The van der Waals surface area contributed by atoms with Crippen molar-refractivity contribution in [3.8, 4) is 12.1 Å². The molecule has 0 bridgehead atoms. The molecule has 0 aliphatic carbocycles. The zero-order valence-electron chi connectivity index (χ0n) is 11.4. The minimum Gasteiger partial charge on any atom is -0.254 e. The lowest BCUT2D eigenvalue weighted by molar-refractivity contribution is 0.167. The van der Waals surface area contributed by atoms with E-state index in [9.17, 15) is 0 Å². The van der Waals surface area contributed by atoms with Crippen LogP contribution in [0.1, 0.15) is 48.0 Å². The number of nitrogens with zero attached hydrogens (tertiary/aromatic N) is 2. The van der Waals surface area contributed by atoms with Crippen LogP contribution in [0.3, 0.4) is 0 Å². The first kappa shape index (κ1) is 14.0. The highest BCUT2D eigenvalue weighted by Gasteiger charge is 2.39. The number of hydrogen-bond donors (Lipinski definition) is 0. The van der Waals surface area contributed by atoms with Crippen molar-refractivity contribution in [1.82, 2.24) is 9.34 Å². The van der Waals surface area contributed by atoms with E-state index >= 15 is 0 Å². The molecule has 2 atom stereocenters. The topological polar surface area (TPSA) is 6.48 Å². The molecule has 0 spiro atoms. The maximum absolute atomic E-state index is 5.78.